The molecule has 3 N–H and O–H groups in total. The van der Waals surface area contributed by atoms with E-state index in [4.69, 9.17) is 0 Å². The zero-order valence-corrected chi connectivity index (χ0v) is 13.3. The van der Waals surface area contributed by atoms with E-state index in [1.54, 1.807) is 10.9 Å². The minimum absolute atomic E-state index is 0.130. The number of nitrogens with zero attached hydrogens (tertiary/aromatic N) is 2. The van der Waals surface area contributed by atoms with Crippen LogP contribution in [0, 0.1) is 11.8 Å². The molecule has 8 nitrogen and oxygen atoms in total. The van der Waals surface area contributed by atoms with Gasteiger partial charge in [0.1, 0.15) is 0 Å². The van der Waals surface area contributed by atoms with Gasteiger partial charge in [0.2, 0.25) is 5.91 Å². The third kappa shape index (κ3) is 3.69. The topological polar surface area (TPSA) is 113 Å². The minimum Gasteiger partial charge on any atom is -0.481 e. The first-order chi connectivity index (χ1) is 11.0. The monoisotopic (exact) mass is 322 g/mol. The molecule has 0 spiro atoms. The van der Waals surface area contributed by atoms with Crippen molar-refractivity contribution in [2.75, 3.05) is 12.4 Å². The van der Waals surface area contributed by atoms with Crippen LogP contribution >= 0.6 is 0 Å². The van der Waals surface area contributed by atoms with Crippen LogP contribution in [0.1, 0.15) is 43.1 Å². The Morgan fingerprint density at radius 2 is 1.96 bits per heavy atom. The van der Waals surface area contributed by atoms with E-state index in [0.29, 0.717) is 25.1 Å². The van der Waals surface area contributed by atoms with E-state index in [2.05, 4.69) is 15.7 Å². The average Bonchev–Trinajstić information content (AvgIpc) is 2.97. The van der Waals surface area contributed by atoms with Gasteiger partial charge in [0.05, 0.1) is 17.5 Å². The largest absolute Gasteiger partial charge is 0.481 e. The smallest absolute Gasteiger partial charge is 0.307 e. The van der Waals surface area contributed by atoms with Crippen molar-refractivity contribution >= 4 is 23.5 Å². The highest BCUT2D eigenvalue weighted by molar-refractivity contribution is 6.03. The highest BCUT2D eigenvalue weighted by Crippen LogP contribution is 2.31. The summed E-state index contributed by atoms with van der Waals surface area (Å²) in [5.74, 6) is -2.96. The summed E-state index contributed by atoms with van der Waals surface area (Å²) in [5.41, 5.74) is 0.441. The highest BCUT2D eigenvalue weighted by atomic mass is 16.4. The van der Waals surface area contributed by atoms with Crippen LogP contribution in [0.4, 0.5) is 5.69 Å². The Balaban J connectivity index is 2.20. The number of aliphatic carboxylic acids is 1. The third-order valence-corrected chi connectivity index (χ3v) is 4.21. The average molecular weight is 322 g/mol. The molecule has 0 saturated heterocycles. The number of anilines is 1. The molecule has 2 atom stereocenters. The van der Waals surface area contributed by atoms with Crippen LogP contribution in [0.3, 0.4) is 0 Å². The second kappa shape index (κ2) is 7.26. The van der Waals surface area contributed by atoms with Crippen molar-refractivity contribution in [2.45, 2.75) is 39.2 Å². The first-order valence-corrected chi connectivity index (χ1v) is 7.81. The number of carboxylic acids is 1. The standard InChI is InChI=1S/C15H22N4O4/c1-3-19-8-11(12(18-19)14(21)16-2)17-13(20)9-6-4-5-7-10(9)15(22)23/h8-10H,3-7H2,1-2H3,(H,16,21)(H,17,20)(H,22,23). The number of hydrogen-bond donors (Lipinski definition) is 3. The molecule has 1 fully saturated rings. The number of carbonyl (C=O) groups excluding carboxylic acids is 2. The lowest BCUT2D eigenvalue weighted by Crippen LogP contribution is -2.36. The zero-order valence-electron chi connectivity index (χ0n) is 13.3. The second-order valence-electron chi connectivity index (χ2n) is 5.65. The number of aryl methyl sites for hydroxylation is 1. The fourth-order valence-electron chi connectivity index (χ4n) is 2.93. The number of carboxylic acid groups (broad SMARTS) is 1. The van der Waals surface area contributed by atoms with Crippen LogP contribution < -0.4 is 10.6 Å². The van der Waals surface area contributed by atoms with Gasteiger partial charge in [-0.2, -0.15) is 5.10 Å². The van der Waals surface area contributed by atoms with Gasteiger partial charge in [-0.3, -0.25) is 19.1 Å². The minimum atomic E-state index is -0.944. The van der Waals surface area contributed by atoms with E-state index in [1.807, 2.05) is 6.92 Å². The zero-order chi connectivity index (χ0) is 17.0. The van der Waals surface area contributed by atoms with Gasteiger partial charge in [0.15, 0.2) is 5.69 Å². The van der Waals surface area contributed by atoms with Gasteiger partial charge in [0, 0.05) is 19.8 Å². The molecule has 1 aromatic heterocycles. The Labute approximate surface area is 134 Å². The normalized spacial score (nSPS) is 20.8. The van der Waals surface area contributed by atoms with Crippen molar-refractivity contribution in [1.82, 2.24) is 15.1 Å². The maximum Gasteiger partial charge on any atom is 0.307 e. The Bertz CT molecular complexity index is 611. The summed E-state index contributed by atoms with van der Waals surface area (Å²) in [6.07, 6.45) is 4.28. The molecule has 1 aliphatic rings. The van der Waals surface area contributed by atoms with E-state index in [0.717, 1.165) is 12.8 Å². The molecule has 1 heterocycles. The molecule has 0 aromatic carbocycles. The Kier molecular flexibility index (Phi) is 5.36. The number of carbonyl (C=O) groups is 3. The van der Waals surface area contributed by atoms with Crippen LogP contribution in [-0.2, 0) is 16.1 Å². The Morgan fingerprint density at radius 1 is 1.30 bits per heavy atom. The van der Waals surface area contributed by atoms with Crippen LogP contribution in [-0.4, -0.2) is 39.7 Å². The van der Waals surface area contributed by atoms with Crippen molar-refractivity contribution < 1.29 is 19.5 Å². The summed E-state index contributed by atoms with van der Waals surface area (Å²) < 4.78 is 1.55. The molecule has 0 bridgehead atoms. The molecule has 0 aliphatic heterocycles. The molecule has 1 aliphatic carbocycles. The van der Waals surface area contributed by atoms with Crippen molar-refractivity contribution in [3.05, 3.63) is 11.9 Å². The lowest BCUT2D eigenvalue weighted by molar-refractivity contribution is -0.147. The molecule has 2 rings (SSSR count). The van der Waals surface area contributed by atoms with E-state index in [1.165, 1.54) is 7.05 Å². The summed E-state index contributed by atoms with van der Waals surface area (Å²) in [6.45, 7) is 2.43. The number of rotatable bonds is 5. The third-order valence-electron chi connectivity index (χ3n) is 4.21. The molecule has 1 saturated carbocycles. The van der Waals surface area contributed by atoms with Gasteiger partial charge < -0.3 is 15.7 Å². The van der Waals surface area contributed by atoms with Gasteiger partial charge in [0.25, 0.3) is 5.91 Å². The first kappa shape index (κ1) is 17.0. The van der Waals surface area contributed by atoms with E-state index < -0.39 is 23.7 Å². The van der Waals surface area contributed by atoms with Crippen molar-refractivity contribution in [3.8, 4) is 0 Å². The number of amides is 2. The molecule has 8 heteroatoms. The highest BCUT2D eigenvalue weighted by Gasteiger charge is 2.36. The van der Waals surface area contributed by atoms with Gasteiger partial charge in [-0.05, 0) is 19.8 Å². The predicted octanol–water partition coefficient (Wildman–Crippen LogP) is 1.09. The van der Waals surface area contributed by atoms with E-state index >= 15 is 0 Å². The number of aromatic nitrogens is 2. The lowest BCUT2D eigenvalue weighted by atomic mass is 9.78. The maximum absolute atomic E-state index is 12.5. The quantitative estimate of drug-likeness (QED) is 0.751. The van der Waals surface area contributed by atoms with Gasteiger partial charge in [-0.25, -0.2) is 0 Å². The molecule has 126 valence electrons. The van der Waals surface area contributed by atoms with E-state index in [-0.39, 0.29) is 11.6 Å². The Morgan fingerprint density at radius 3 is 2.52 bits per heavy atom. The van der Waals surface area contributed by atoms with Crippen LogP contribution in [0.15, 0.2) is 6.20 Å². The summed E-state index contributed by atoms with van der Waals surface area (Å²) in [7, 11) is 1.49. The summed E-state index contributed by atoms with van der Waals surface area (Å²) in [6, 6.07) is 0. The SMILES string of the molecule is CCn1cc(NC(=O)C2CCCCC2C(=O)O)c(C(=O)NC)n1. The molecule has 1 aromatic rings. The van der Waals surface area contributed by atoms with Crippen LogP contribution in [0.5, 0.6) is 0 Å². The van der Waals surface area contributed by atoms with Crippen molar-refractivity contribution in [2.24, 2.45) is 11.8 Å². The summed E-state index contributed by atoms with van der Waals surface area (Å²) in [4.78, 5) is 35.7. The van der Waals surface area contributed by atoms with Crippen LogP contribution in [0.2, 0.25) is 0 Å². The second-order valence-corrected chi connectivity index (χ2v) is 5.65. The molecule has 2 amide bonds. The molecular weight excluding hydrogens is 300 g/mol. The summed E-state index contributed by atoms with van der Waals surface area (Å²) in [5, 5.41) is 18.6. The Hall–Kier alpha value is -2.38. The fraction of sp³-hybridized carbons (Fsp3) is 0.600. The number of nitrogens with one attached hydrogen (secondary N) is 2. The van der Waals surface area contributed by atoms with Crippen molar-refractivity contribution in [1.29, 1.82) is 0 Å². The lowest BCUT2D eigenvalue weighted by Gasteiger charge is -2.27. The molecule has 0 radical (unpaired) electrons. The van der Waals surface area contributed by atoms with Gasteiger partial charge >= 0.3 is 5.97 Å². The first-order valence-electron chi connectivity index (χ1n) is 7.81. The fourth-order valence-corrected chi connectivity index (χ4v) is 2.93. The van der Waals surface area contributed by atoms with Crippen molar-refractivity contribution in [3.63, 3.8) is 0 Å². The molecule has 2 unspecified atom stereocenters. The van der Waals surface area contributed by atoms with Crippen LogP contribution in [0.25, 0.3) is 0 Å². The molecular formula is C15H22N4O4. The van der Waals surface area contributed by atoms with Gasteiger partial charge in [-0.1, -0.05) is 12.8 Å². The maximum atomic E-state index is 12.5. The number of hydrogen-bond acceptors (Lipinski definition) is 4. The summed E-state index contributed by atoms with van der Waals surface area (Å²) >= 11 is 0. The molecule has 23 heavy (non-hydrogen) atoms. The van der Waals surface area contributed by atoms with Gasteiger partial charge in [-0.15, -0.1) is 0 Å². The predicted molar refractivity (Wildman–Crippen MR) is 83.0 cm³/mol. The van der Waals surface area contributed by atoms with E-state index in [9.17, 15) is 19.5 Å².